The first kappa shape index (κ1) is 12.3. The van der Waals surface area contributed by atoms with Crippen LogP contribution in [0.5, 0.6) is 0 Å². The molecule has 0 aromatic carbocycles. The number of fused-ring (bicyclic) bond motifs is 1. The van der Waals surface area contributed by atoms with Crippen LogP contribution in [-0.4, -0.2) is 25.3 Å². The summed E-state index contributed by atoms with van der Waals surface area (Å²) >= 11 is 0. The summed E-state index contributed by atoms with van der Waals surface area (Å²) < 4.78 is 17.7. The van der Waals surface area contributed by atoms with Crippen molar-refractivity contribution in [2.75, 3.05) is 6.61 Å². The molecule has 0 bridgehead atoms. The smallest absolute Gasteiger partial charge is 0.166 e. The van der Waals surface area contributed by atoms with Crippen molar-refractivity contribution < 1.29 is 14.2 Å². The summed E-state index contributed by atoms with van der Waals surface area (Å²) in [6.07, 6.45) is 2.43. The summed E-state index contributed by atoms with van der Waals surface area (Å²) in [5.41, 5.74) is 0. The second-order valence-electron chi connectivity index (χ2n) is 5.64. The molecule has 0 aromatic rings. The van der Waals surface area contributed by atoms with Gasteiger partial charge in [0.2, 0.25) is 0 Å². The maximum absolute atomic E-state index is 6.08. The van der Waals surface area contributed by atoms with E-state index in [1.165, 1.54) is 6.42 Å². The number of ether oxygens (including phenoxy) is 3. The second-order valence-corrected chi connectivity index (χ2v) is 5.64. The summed E-state index contributed by atoms with van der Waals surface area (Å²) in [4.78, 5) is 0. The Morgan fingerprint density at radius 3 is 2.38 bits per heavy atom. The first-order valence-electron chi connectivity index (χ1n) is 6.52. The summed E-state index contributed by atoms with van der Waals surface area (Å²) in [6.45, 7) is 9.53. The minimum atomic E-state index is -0.105. The maximum Gasteiger partial charge on any atom is 0.166 e. The third kappa shape index (κ3) is 2.41. The molecular weight excluding hydrogens is 204 g/mol. The van der Waals surface area contributed by atoms with E-state index >= 15 is 0 Å². The number of hydrogen-bond donors (Lipinski definition) is 0. The van der Waals surface area contributed by atoms with Crippen molar-refractivity contribution in [2.24, 2.45) is 17.8 Å². The Morgan fingerprint density at radius 1 is 1.00 bits per heavy atom. The normalized spacial score (nSPS) is 40.1. The minimum absolute atomic E-state index is 0.0395. The van der Waals surface area contributed by atoms with Crippen molar-refractivity contribution in [3.63, 3.8) is 0 Å². The predicted molar refractivity (Wildman–Crippen MR) is 61.9 cm³/mol. The lowest BCUT2D eigenvalue weighted by atomic mass is 9.86. The molecule has 0 saturated carbocycles. The lowest BCUT2D eigenvalue weighted by Crippen LogP contribution is -2.52. The number of hydrogen-bond acceptors (Lipinski definition) is 3. The van der Waals surface area contributed by atoms with Crippen LogP contribution in [-0.2, 0) is 14.2 Å². The Bertz CT molecular complexity index is 227. The van der Waals surface area contributed by atoms with Crippen LogP contribution in [0.25, 0.3) is 0 Å². The molecular formula is C13H24O3. The van der Waals surface area contributed by atoms with Crippen LogP contribution in [0.3, 0.4) is 0 Å². The van der Waals surface area contributed by atoms with Crippen molar-refractivity contribution in [1.29, 1.82) is 0 Å². The van der Waals surface area contributed by atoms with Crippen LogP contribution in [0.1, 0.15) is 40.5 Å². The van der Waals surface area contributed by atoms with Gasteiger partial charge in [-0.2, -0.15) is 0 Å². The lowest BCUT2D eigenvalue weighted by molar-refractivity contribution is -0.358. The van der Waals surface area contributed by atoms with Crippen molar-refractivity contribution in [3.8, 4) is 0 Å². The Kier molecular flexibility index (Phi) is 3.88. The van der Waals surface area contributed by atoms with E-state index < -0.39 is 0 Å². The first-order valence-corrected chi connectivity index (χ1v) is 6.52. The molecule has 3 nitrogen and oxygen atoms in total. The van der Waals surface area contributed by atoms with E-state index in [0.29, 0.717) is 17.8 Å². The zero-order valence-electron chi connectivity index (χ0n) is 10.8. The van der Waals surface area contributed by atoms with E-state index in [4.69, 9.17) is 14.2 Å². The third-order valence-corrected chi connectivity index (χ3v) is 3.50. The Morgan fingerprint density at radius 2 is 1.75 bits per heavy atom. The first-order chi connectivity index (χ1) is 7.59. The van der Waals surface area contributed by atoms with Crippen LogP contribution >= 0.6 is 0 Å². The molecule has 0 aromatic heterocycles. The molecule has 4 atom stereocenters. The van der Waals surface area contributed by atoms with Crippen LogP contribution in [0.15, 0.2) is 0 Å². The molecule has 16 heavy (non-hydrogen) atoms. The molecule has 2 fully saturated rings. The van der Waals surface area contributed by atoms with Crippen molar-refractivity contribution in [1.82, 2.24) is 0 Å². The molecule has 2 rings (SSSR count). The average molecular weight is 228 g/mol. The SMILES string of the molecule is CC(C)[C@H]1O[C@H]2OCCC[C@@H]2[C@H](C(C)C)O1. The van der Waals surface area contributed by atoms with Gasteiger partial charge in [-0.1, -0.05) is 27.7 Å². The quantitative estimate of drug-likeness (QED) is 0.727. The highest BCUT2D eigenvalue weighted by Gasteiger charge is 2.43. The molecule has 0 aliphatic carbocycles. The maximum atomic E-state index is 6.08. The van der Waals surface area contributed by atoms with Crippen molar-refractivity contribution in [3.05, 3.63) is 0 Å². The fourth-order valence-corrected chi connectivity index (χ4v) is 2.62. The highest BCUT2D eigenvalue weighted by Crippen LogP contribution is 2.37. The summed E-state index contributed by atoms with van der Waals surface area (Å²) in [5.74, 6) is 1.33. The molecule has 2 saturated heterocycles. The Balaban J connectivity index is 2.09. The summed E-state index contributed by atoms with van der Waals surface area (Å²) in [7, 11) is 0. The molecule has 2 aliphatic heterocycles. The van der Waals surface area contributed by atoms with E-state index in [1.54, 1.807) is 0 Å². The largest absolute Gasteiger partial charge is 0.352 e. The minimum Gasteiger partial charge on any atom is -0.352 e. The van der Waals surface area contributed by atoms with Crippen LogP contribution in [0.2, 0.25) is 0 Å². The molecule has 0 spiro atoms. The van der Waals surface area contributed by atoms with Crippen LogP contribution < -0.4 is 0 Å². The van der Waals surface area contributed by atoms with E-state index in [0.717, 1.165) is 13.0 Å². The Hall–Kier alpha value is -0.120. The van der Waals surface area contributed by atoms with E-state index in [-0.39, 0.29) is 18.7 Å². The van der Waals surface area contributed by atoms with Gasteiger partial charge in [-0.25, -0.2) is 0 Å². The van der Waals surface area contributed by atoms with Gasteiger partial charge >= 0.3 is 0 Å². The standard InChI is InChI=1S/C13H24O3/c1-8(2)11-10-6-5-7-14-13(10)16-12(15-11)9(3)4/h8-13H,5-7H2,1-4H3/t10-,11+,12-,13-/m1/s1. The average Bonchev–Trinajstić information content (AvgIpc) is 2.27. The van der Waals surface area contributed by atoms with E-state index in [9.17, 15) is 0 Å². The summed E-state index contributed by atoms with van der Waals surface area (Å²) in [6, 6.07) is 0. The van der Waals surface area contributed by atoms with Gasteiger partial charge in [-0.3, -0.25) is 0 Å². The molecule has 2 heterocycles. The van der Waals surface area contributed by atoms with E-state index in [1.807, 2.05) is 0 Å². The van der Waals surface area contributed by atoms with Gasteiger partial charge in [0.05, 0.1) is 6.10 Å². The summed E-state index contributed by atoms with van der Waals surface area (Å²) in [5, 5.41) is 0. The predicted octanol–water partition coefficient (Wildman–Crippen LogP) is 2.79. The van der Waals surface area contributed by atoms with Crippen molar-refractivity contribution in [2.45, 2.75) is 59.2 Å². The van der Waals surface area contributed by atoms with Gasteiger partial charge in [-0.15, -0.1) is 0 Å². The molecule has 0 N–H and O–H groups in total. The van der Waals surface area contributed by atoms with Crippen molar-refractivity contribution >= 4 is 0 Å². The molecule has 0 amide bonds. The van der Waals surface area contributed by atoms with Gasteiger partial charge in [-0.05, 0) is 18.8 Å². The third-order valence-electron chi connectivity index (χ3n) is 3.50. The Labute approximate surface area is 98.4 Å². The molecule has 94 valence electrons. The topological polar surface area (TPSA) is 27.7 Å². The fourth-order valence-electron chi connectivity index (χ4n) is 2.62. The zero-order chi connectivity index (χ0) is 11.7. The molecule has 0 radical (unpaired) electrons. The van der Waals surface area contributed by atoms with Gasteiger partial charge in [0, 0.05) is 18.4 Å². The monoisotopic (exact) mass is 228 g/mol. The zero-order valence-corrected chi connectivity index (χ0v) is 10.8. The fraction of sp³-hybridized carbons (Fsp3) is 1.00. The lowest BCUT2D eigenvalue weighted by Gasteiger charge is -2.46. The molecule has 2 aliphatic rings. The molecule has 3 heteroatoms. The second kappa shape index (κ2) is 5.03. The van der Waals surface area contributed by atoms with Gasteiger partial charge in [0.1, 0.15) is 0 Å². The van der Waals surface area contributed by atoms with Crippen LogP contribution in [0.4, 0.5) is 0 Å². The van der Waals surface area contributed by atoms with E-state index in [2.05, 4.69) is 27.7 Å². The van der Waals surface area contributed by atoms with Crippen LogP contribution in [0, 0.1) is 17.8 Å². The highest BCUT2D eigenvalue weighted by atomic mass is 16.8. The molecule has 0 unspecified atom stereocenters. The van der Waals surface area contributed by atoms with Gasteiger partial charge in [0.15, 0.2) is 12.6 Å². The van der Waals surface area contributed by atoms with Gasteiger partial charge in [0.25, 0.3) is 0 Å². The van der Waals surface area contributed by atoms with Gasteiger partial charge < -0.3 is 14.2 Å². The number of rotatable bonds is 2. The highest BCUT2D eigenvalue weighted by molar-refractivity contribution is 4.83.